The third-order valence-corrected chi connectivity index (χ3v) is 4.32. The van der Waals surface area contributed by atoms with Crippen molar-refractivity contribution < 1.29 is 0 Å². The van der Waals surface area contributed by atoms with Gasteiger partial charge in [0.2, 0.25) is 0 Å². The first-order valence-corrected chi connectivity index (χ1v) is 7.84. The predicted octanol–water partition coefficient (Wildman–Crippen LogP) is 2.08. The van der Waals surface area contributed by atoms with Crippen LogP contribution in [0.25, 0.3) is 5.69 Å². The number of aromatic nitrogens is 2. The summed E-state index contributed by atoms with van der Waals surface area (Å²) in [6, 6.07) is 8.47. The van der Waals surface area contributed by atoms with Gasteiger partial charge in [-0.3, -0.25) is 0 Å². The van der Waals surface area contributed by atoms with Crippen molar-refractivity contribution in [3.8, 4) is 5.69 Å². The number of hydrogen-bond donors (Lipinski definition) is 1. The molecule has 0 amide bonds. The maximum atomic E-state index is 4.27. The minimum atomic E-state index is 1.08. The Morgan fingerprint density at radius 2 is 2.10 bits per heavy atom. The van der Waals surface area contributed by atoms with E-state index >= 15 is 0 Å². The van der Waals surface area contributed by atoms with Crippen molar-refractivity contribution in [2.45, 2.75) is 6.42 Å². The molecule has 1 aromatic carbocycles. The van der Waals surface area contributed by atoms with Gasteiger partial charge in [-0.15, -0.1) is 0 Å². The molecule has 0 saturated carbocycles. The Bertz CT molecular complexity index is 547. The van der Waals surface area contributed by atoms with Gasteiger partial charge in [-0.1, -0.05) is 6.07 Å². The van der Waals surface area contributed by atoms with E-state index in [-0.39, 0.29) is 0 Å². The van der Waals surface area contributed by atoms with Crippen molar-refractivity contribution in [3.63, 3.8) is 0 Å². The molecule has 0 bridgehead atoms. The van der Waals surface area contributed by atoms with Crippen LogP contribution in [0.5, 0.6) is 0 Å². The molecule has 5 heteroatoms. The van der Waals surface area contributed by atoms with Gasteiger partial charge in [-0.05, 0) is 46.1 Å². The van der Waals surface area contributed by atoms with Gasteiger partial charge in [0, 0.05) is 49.6 Å². The van der Waals surface area contributed by atoms with E-state index in [2.05, 4.69) is 49.4 Å². The summed E-state index contributed by atoms with van der Waals surface area (Å²) < 4.78 is 2.98. The van der Waals surface area contributed by atoms with Gasteiger partial charge in [0.1, 0.15) is 0 Å². The Morgan fingerprint density at radius 1 is 1.25 bits per heavy atom. The van der Waals surface area contributed by atoms with Crippen LogP contribution in [0.15, 0.2) is 41.1 Å². The van der Waals surface area contributed by atoms with Crippen LogP contribution in [0.2, 0.25) is 0 Å². The molecule has 3 rings (SSSR count). The van der Waals surface area contributed by atoms with E-state index < -0.39 is 0 Å². The highest BCUT2D eigenvalue weighted by Gasteiger charge is 2.10. The van der Waals surface area contributed by atoms with E-state index in [1.807, 2.05) is 16.9 Å². The number of halogens is 1. The molecular weight excluding hydrogens is 316 g/mol. The quantitative estimate of drug-likeness (QED) is 0.929. The summed E-state index contributed by atoms with van der Waals surface area (Å²) in [5.74, 6) is 0. The lowest BCUT2D eigenvalue weighted by molar-refractivity contribution is 0.244. The van der Waals surface area contributed by atoms with Crippen molar-refractivity contribution in [3.05, 3.63) is 46.7 Å². The Balaban J connectivity index is 1.64. The largest absolute Gasteiger partial charge is 0.314 e. The summed E-state index contributed by atoms with van der Waals surface area (Å²) in [6.07, 6.45) is 4.85. The van der Waals surface area contributed by atoms with Gasteiger partial charge < -0.3 is 10.2 Å². The molecule has 1 fully saturated rings. The van der Waals surface area contributed by atoms with Gasteiger partial charge in [-0.25, -0.2) is 4.68 Å². The SMILES string of the molecule is Brc1cc(CCN2CCNCC2)ccc1-n1cccn1. The van der Waals surface area contributed by atoms with Crippen LogP contribution in [0.4, 0.5) is 0 Å². The van der Waals surface area contributed by atoms with Gasteiger partial charge in [0.15, 0.2) is 0 Å². The second-order valence-corrected chi connectivity index (χ2v) is 5.93. The molecule has 1 aliphatic rings. The molecule has 1 saturated heterocycles. The van der Waals surface area contributed by atoms with Crippen LogP contribution >= 0.6 is 15.9 Å². The van der Waals surface area contributed by atoms with E-state index in [9.17, 15) is 0 Å². The van der Waals surface area contributed by atoms with Crippen molar-refractivity contribution in [2.24, 2.45) is 0 Å². The molecule has 20 heavy (non-hydrogen) atoms. The standard InChI is InChI=1S/C15H19BrN4/c16-14-12-13(4-9-19-10-6-17-7-11-19)2-3-15(14)20-8-1-5-18-20/h1-3,5,8,12,17H,4,6-7,9-11H2. The highest BCUT2D eigenvalue weighted by molar-refractivity contribution is 9.10. The fraction of sp³-hybridized carbons (Fsp3) is 0.400. The van der Waals surface area contributed by atoms with Gasteiger partial charge in [0.05, 0.1) is 5.69 Å². The van der Waals surface area contributed by atoms with Crippen LogP contribution in [-0.4, -0.2) is 47.4 Å². The minimum Gasteiger partial charge on any atom is -0.314 e. The van der Waals surface area contributed by atoms with E-state index in [0.717, 1.165) is 49.3 Å². The molecule has 0 unspecified atom stereocenters. The van der Waals surface area contributed by atoms with Crippen molar-refractivity contribution in [1.82, 2.24) is 20.0 Å². The lowest BCUT2D eigenvalue weighted by atomic mass is 10.1. The highest BCUT2D eigenvalue weighted by atomic mass is 79.9. The highest BCUT2D eigenvalue weighted by Crippen LogP contribution is 2.22. The summed E-state index contributed by atoms with van der Waals surface area (Å²) in [5, 5.41) is 7.65. The first-order valence-electron chi connectivity index (χ1n) is 7.04. The third kappa shape index (κ3) is 3.29. The maximum absolute atomic E-state index is 4.27. The first-order chi connectivity index (χ1) is 9.83. The van der Waals surface area contributed by atoms with E-state index in [0.29, 0.717) is 0 Å². The van der Waals surface area contributed by atoms with Crippen LogP contribution in [-0.2, 0) is 6.42 Å². The second-order valence-electron chi connectivity index (χ2n) is 5.08. The molecule has 0 aliphatic carbocycles. The smallest absolute Gasteiger partial charge is 0.0787 e. The summed E-state index contributed by atoms with van der Waals surface area (Å²) in [4.78, 5) is 2.52. The minimum absolute atomic E-state index is 1.08. The Morgan fingerprint density at radius 3 is 2.80 bits per heavy atom. The summed E-state index contributed by atoms with van der Waals surface area (Å²) >= 11 is 3.65. The van der Waals surface area contributed by atoms with Gasteiger partial charge in [-0.2, -0.15) is 5.10 Å². The number of nitrogens with one attached hydrogen (secondary N) is 1. The van der Waals surface area contributed by atoms with Gasteiger partial charge >= 0.3 is 0 Å². The zero-order chi connectivity index (χ0) is 13.8. The maximum Gasteiger partial charge on any atom is 0.0787 e. The number of benzene rings is 1. The van der Waals surface area contributed by atoms with E-state index in [1.165, 1.54) is 5.56 Å². The van der Waals surface area contributed by atoms with Gasteiger partial charge in [0.25, 0.3) is 0 Å². The lowest BCUT2D eigenvalue weighted by Crippen LogP contribution is -2.44. The molecule has 0 radical (unpaired) electrons. The number of hydrogen-bond acceptors (Lipinski definition) is 3. The van der Waals surface area contributed by atoms with Crippen molar-refractivity contribution in [2.75, 3.05) is 32.7 Å². The number of piperazine rings is 1. The molecule has 2 heterocycles. The average Bonchev–Trinajstić information content (AvgIpc) is 3.00. The Kier molecular flexibility index (Phi) is 4.50. The van der Waals surface area contributed by atoms with Crippen LogP contribution in [0.1, 0.15) is 5.56 Å². The Labute approximate surface area is 127 Å². The predicted molar refractivity (Wildman–Crippen MR) is 84.3 cm³/mol. The van der Waals surface area contributed by atoms with Crippen LogP contribution in [0, 0.1) is 0 Å². The van der Waals surface area contributed by atoms with Crippen LogP contribution in [0.3, 0.4) is 0 Å². The average molecular weight is 335 g/mol. The normalized spacial score (nSPS) is 16.4. The van der Waals surface area contributed by atoms with Crippen molar-refractivity contribution in [1.29, 1.82) is 0 Å². The molecule has 106 valence electrons. The first kappa shape index (κ1) is 13.8. The zero-order valence-corrected chi connectivity index (χ0v) is 13.0. The topological polar surface area (TPSA) is 33.1 Å². The lowest BCUT2D eigenvalue weighted by Gasteiger charge is -2.27. The van der Waals surface area contributed by atoms with Crippen LogP contribution < -0.4 is 5.32 Å². The Hall–Kier alpha value is -1.17. The molecular formula is C15H19BrN4. The molecule has 1 N–H and O–H groups in total. The summed E-state index contributed by atoms with van der Waals surface area (Å²) in [5.41, 5.74) is 2.45. The molecule has 0 spiro atoms. The number of nitrogens with zero attached hydrogens (tertiary/aromatic N) is 3. The molecule has 2 aromatic rings. The molecule has 4 nitrogen and oxygen atoms in total. The number of rotatable bonds is 4. The zero-order valence-electron chi connectivity index (χ0n) is 11.4. The summed E-state index contributed by atoms with van der Waals surface area (Å²) in [6.45, 7) is 5.68. The summed E-state index contributed by atoms with van der Waals surface area (Å²) in [7, 11) is 0. The molecule has 0 atom stereocenters. The third-order valence-electron chi connectivity index (χ3n) is 3.69. The molecule has 1 aromatic heterocycles. The fourth-order valence-corrected chi connectivity index (χ4v) is 3.13. The van der Waals surface area contributed by atoms with E-state index in [1.54, 1.807) is 6.20 Å². The van der Waals surface area contributed by atoms with E-state index in [4.69, 9.17) is 0 Å². The monoisotopic (exact) mass is 334 g/mol. The van der Waals surface area contributed by atoms with Crippen molar-refractivity contribution >= 4 is 15.9 Å². The molecule has 1 aliphatic heterocycles. The second kappa shape index (κ2) is 6.52. The fourth-order valence-electron chi connectivity index (χ4n) is 2.52.